The predicted octanol–water partition coefficient (Wildman–Crippen LogP) is 2.99. The number of aryl methyl sites for hydroxylation is 2. The minimum absolute atomic E-state index is 0.160. The summed E-state index contributed by atoms with van der Waals surface area (Å²) >= 11 is 1.73. The Morgan fingerprint density at radius 2 is 2.17 bits per heavy atom. The van der Waals surface area contributed by atoms with Crippen LogP contribution in [0.1, 0.15) is 23.0 Å². The first-order valence-corrected chi connectivity index (χ1v) is 6.77. The van der Waals surface area contributed by atoms with Crippen LogP contribution < -0.4 is 5.73 Å². The van der Waals surface area contributed by atoms with Crippen LogP contribution in [-0.2, 0) is 7.05 Å². The van der Waals surface area contributed by atoms with Crippen LogP contribution >= 0.6 is 11.3 Å². The van der Waals surface area contributed by atoms with Gasteiger partial charge in [-0.25, -0.2) is 0 Å². The van der Waals surface area contributed by atoms with Crippen molar-refractivity contribution in [2.75, 3.05) is 0 Å². The van der Waals surface area contributed by atoms with Gasteiger partial charge in [0.2, 0.25) is 0 Å². The maximum atomic E-state index is 6.35. The molecule has 0 radical (unpaired) electrons. The molecule has 2 aromatic heterocycles. The Hall–Kier alpha value is -1.65. The van der Waals surface area contributed by atoms with Crippen molar-refractivity contribution in [3.05, 3.63) is 52.7 Å². The number of fused-ring (bicyclic) bond motifs is 1. The highest BCUT2D eigenvalue weighted by molar-refractivity contribution is 7.17. The van der Waals surface area contributed by atoms with E-state index < -0.39 is 0 Å². The molecule has 18 heavy (non-hydrogen) atoms. The molecule has 1 atom stereocenters. The number of benzene rings is 1. The highest BCUT2D eigenvalue weighted by Gasteiger charge is 2.16. The van der Waals surface area contributed by atoms with Gasteiger partial charge in [0, 0.05) is 17.4 Å². The number of rotatable bonds is 2. The summed E-state index contributed by atoms with van der Waals surface area (Å²) in [5, 5.41) is 7.83. The molecule has 0 fully saturated rings. The first kappa shape index (κ1) is 11.4. The zero-order valence-corrected chi connectivity index (χ0v) is 11.2. The molecule has 0 amide bonds. The maximum Gasteiger partial charge on any atom is 0.0840 e. The molecule has 0 spiro atoms. The lowest BCUT2D eigenvalue weighted by atomic mass is 10.0. The van der Waals surface area contributed by atoms with Crippen molar-refractivity contribution < 1.29 is 0 Å². The third kappa shape index (κ3) is 1.74. The van der Waals surface area contributed by atoms with Gasteiger partial charge in [-0.2, -0.15) is 5.10 Å². The molecule has 0 aliphatic rings. The summed E-state index contributed by atoms with van der Waals surface area (Å²) in [5.41, 5.74) is 9.56. The van der Waals surface area contributed by atoms with Crippen LogP contribution in [0.25, 0.3) is 10.1 Å². The summed E-state index contributed by atoms with van der Waals surface area (Å²) in [7, 11) is 1.94. The second kappa shape index (κ2) is 4.23. The van der Waals surface area contributed by atoms with Gasteiger partial charge >= 0.3 is 0 Å². The van der Waals surface area contributed by atoms with Crippen molar-refractivity contribution in [2.24, 2.45) is 12.8 Å². The average molecular weight is 257 g/mol. The summed E-state index contributed by atoms with van der Waals surface area (Å²) in [6.45, 7) is 2.04. The molecule has 0 aliphatic carbocycles. The van der Waals surface area contributed by atoms with Crippen LogP contribution in [0.5, 0.6) is 0 Å². The van der Waals surface area contributed by atoms with Gasteiger partial charge in [-0.05, 0) is 35.4 Å². The van der Waals surface area contributed by atoms with Crippen LogP contribution in [-0.4, -0.2) is 9.78 Å². The number of hydrogen-bond donors (Lipinski definition) is 1. The van der Waals surface area contributed by atoms with Gasteiger partial charge < -0.3 is 5.73 Å². The van der Waals surface area contributed by atoms with Gasteiger partial charge in [-0.3, -0.25) is 4.68 Å². The van der Waals surface area contributed by atoms with Gasteiger partial charge in [-0.1, -0.05) is 18.2 Å². The first-order chi connectivity index (χ1) is 8.66. The Balaban J connectivity index is 2.11. The fraction of sp³-hybridized carbons (Fsp3) is 0.214. The molecule has 3 aromatic rings. The third-order valence-corrected chi connectivity index (χ3v) is 4.28. The predicted molar refractivity (Wildman–Crippen MR) is 75.8 cm³/mol. The summed E-state index contributed by atoms with van der Waals surface area (Å²) in [5.74, 6) is 0. The van der Waals surface area contributed by atoms with Crippen LogP contribution in [0.15, 0.2) is 35.7 Å². The van der Waals surface area contributed by atoms with Crippen molar-refractivity contribution in [2.45, 2.75) is 13.0 Å². The van der Waals surface area contributed by atoms with Gasteiger partial charge in [0.05, 0.1) is 11.7 Å². The van der Waals surface area contributed by atoms with E-state index in [0.717, 1.165) is 17.0 Å². The Morgan fingerprint density at radius 1 is 1.33 bits per heavy atom. The molecule has 0 bridgehead atoms. The Kier molecular flexibility index (Phi) is 2.69. The molecule has 1 unspecified atom stereocenters. The fourth-order valence-corrected chi connectivity index (χ4v) is 3.11. The summed E-state index contributed by atoms with van der Waals surface area (Å²) < 4.78 is 3.12. The Labute approximate surface area is 110 Å². The number of hydrogen-bond acceptors (Lipinski definition) is 3. The van der Waals surface area contributed by atoms with Crippen molar-refractivity contribution in [3.8, 4) is 0 Å². The first-order valence-electron chi connectivity index (χ1n) is 5.89. The SMILES string of the molecule is Cc1cc(C(N)c2cccc3ccsc23)nn1C. The van der Waals surface area contributed by atoms with E-state index in [0.29, 0.717) is 0 Å². The molecule has 2 heterocycles. The Morgan fingerprint density at radius 3 is 2.89 bits per heavy atom. The molecule has 0 saturated carbocycles. The van der Waals surface area contributed by atoms with Gasteiger partial charge in [0.1, 0.15) is 0 Å². The Bertz CT molecular complexity index is 676. The summed E-state index contributed by atoms with van der Waals surface area (Å²) in [6.07, 6.45) is 0. The second-order valence-corrected chi connectivity index (χ2v) is 5.41. The highest BCUT2D eigenvalue weighted by Crippen LogP contribution is 2.30. The summed E-state index contributed by atoms with van der Waals surface area (Å²) in [6, 6.07) is 10.3. The molecule has 2 N–H and O–H groups in total. The minimum atomic E-state index is -0.160. The van der Waals surface area contributed by atoms with Crippen LogP contribution in [0, 0.1) is 6.92 Å². The minimum Gasteiger partial charge on any atom is -0.319 e. The van der Waals surface area contributed by atoms with Crippen LogP contribution in [0.2, 0.25) is 0 Å². The fourth-order valence-electron chi connectivity index (χ4n) is 2.16. The zero-order valence-electron chi connectivity index (χ0n) is 10.4. The summed E-state index contributed by atoms with van der Waals surface area (Å²) in [4.78, 5) is 0. The number of nitrogens with two attached hydrogens (primary N) is 1. The van der Waals surface area contributed by atoms with E-state index in [1.807, 2.05) is 18.7 Å². The van der Waals surface area contributed by atoms with Gasteiger partial charge in [-0.15, -0.1) is 11.3 Å². The molecule has 3 rings (SSSR count). The smallest absolute Gasteiger partial charge is 0.0840 e. The monoisotopic (exact) mass is 257 g/mol. The molecule has 0 saturated heterocycles. The standard InChI is InChI=1S/C14H15N3S/c1-9-8-12(16-17(9)2)13(15)11-5-3-4-10-6-7-18-14(10)11/h3-8,13H,15H2,1-2H3. The second-order valence-electron chi connectivity index (χ2n) is 4.50. The van der Waals surface area contributed by atoms with Crippen LogP contribution in [0.4, 0.5) is 0 Å². The van der Waals surface area contributed by atoms with E-state index in [1.54, 1.807) is 11.3 Å². The van der Waals surface area contributed by atoms with Crippen molar-refractivity contribution in [1.29, 1.82) is 0 Å². The lowest BCUT2D eigenvalue weighted by molar-refractivity contribution is 0.702. The highest BCUT2D eigenvalue weighted by atomic mass is 32.1. The molecule has 92 valence electrons. The topological polar surface area (TPSA) is 43.8 Å². The van der Waals surface area contributed by atoms with Crippen LogP contribution in [0.3, 0.4) is 0 Å². The number of aromatic nitrogens is 2. The van der Waals surface area contributed by atoms with E-state index >= 15 is 0 Å². The van der Waals surface area contributed by atoms with Crippen molar-refractivity contribution in [1.82, 2.24) is 9.78 Å². The molecule has 4 heteroatoms. The zero-order chi connectivity index (χ0) is 12.7. The molecule has 1 aromatic carbocycles. The largest absolute Gasteiger partial charge is 0.319 e. The molecule has 0 aliphatic heterocycles. The van der Waals surface area contributed by atoms with Crippen molar-refractivity contribution in [3.63, 3.8) is 0 Å². The third-order valence-electron chi connectivity index (χ3n) is 3.30. The van der Waals surface area contributed by atoms with Crippen molar-refractivity contribution >= 4 is 21.4 Å². The lowest BCUT2D eigenvalue weighted by Crippen LogP contribution is -2.13. The maximum absolute atomic E-state index is 6.35. The van der Waals surface area contributed by atoms with E-state index in [1.165, 1.54) is 10.1 Å². The van der Waals surface area contributed by atoms with E-state index in [9.17, 15) is 0 Å². The average Bonchev–Trinajstić information content (AvgIpc) is 2.95. The molecular formula is C14H15N3S. The lowest BCUT2D eigenvalue weighted by Gasteiger charge is -2.10. The molecule has 3 nitrogen and oxygen atoms in total. The normalized spacial score (nSPS) is 13.1. The van der Waals surface area contributed by atoms with Gasteiger partial charge in [0.15, 0.2) is 0 Å². The quantitative estimate of drug-likeness (QED) is 0.767. The van der Waals surface area contributed by atoms with E-state index in [4.69, 9.17) is 5.73 Å². The van der Waals surface area contributed by atoms with E-state index in [2.05, 4.69) is 40.8 Å². The van der Waals surface area contributed by atoms with Gasteiger partial charge in [0.25, 0.3) is 0 Å². The number of thiophene rings is 1. The van der Waals surface area contributed by atoms with E-state index in [-0.39, 0.29) is 6.04 Å². The number of nitrogens with zero attached hydrogens (tertiary/aromatic N) is 2. The molecular weight excluding hydrogens is 242 g/mol.